The van der Waals surface area contributed by atoms with Gasteiger partial charge in [0.25, 0.3) is 5.91 Å². The fourth-order valence-corrected chi connectivity index (χ4v) is 1.61. The van der Waals surface area contributed by atoms with Crippen LogP contribution in [0.4, 0.5) is 9.18 Å². The van der Waals surface area contributed by atoms with Crippen LogP contribution in [0, 0.1) is 11.7 Å². The second-order valence-electron chi connectivity index (χ2n) is 4.85. The van der Waals surface area contributed by atoms with Crippen LogP contribution in [-0.4, -0.2) is 31.1 Å². The quantitative estimate of drug-likeness (QED) is 0.810. The third-order valence-corrected chi connectivity index (χ3v) is 2.72. The Balaban J connectivity index is 2.43. The number of nitrogens with one attached hydrogen (secondary N) is 2. The number of ether oxygens (including phenoxy) is 1. The largest absolute Gasteiger partial charge is 0.452 e. The van der Waals surface area contributed by atoms with E-state index in [-0.39, 0.29) is 16.5 Å². The number of hydrogen-bond acceptors (Lipinski definition) is 4. The van der Waals surface area contributed by atoms with Gasteiger partial charge in [0.15, 0.2) is 6.61 Å². The number of amides is 3. The standard InChI is InChI=1S/C14H16ClFN2O4/c1-8(2)6-17-14(21)18-12(19)7-22-13(20)10-4-3-9(16)5-11(10)15/h3-5,8H,6-7H2,1-2H3,(H2,17,18,19,21). The molecule has 0 saturated carbocycles. The number of rotatable bonds is 5. The molecule has 0 saturated heterocycles. The summed E-state index contributed by atoms with van der Waals surface area (Å²) in [6.07, 6.45) is 0. The SMILES string of the molecule is CC(C)CNC(=O)NC(=O)COC(=O)c1ccc(F)cc1Cl. The number of carbonyl (C=O) groups is 3. The number of halogens is 2. The number of carbonyl (C=O) groups excluding carboxylic acids is 3. The van der Waals surface area contributed by atoms with Crippen molar-refractivity contribution < 1.29 is 23.5 Å². The van der Waals surface area contributed by atoms with E-state index in [9.17, 15) is 18.8 Å². The Labute approximate surface area is 132 Å². The maximum absolute atomic E-state index is 12.9. The zero-order valence-electron chi connectivity index (χ0n) is 12.1. The molecule has 0 fully saturated rings. The number of urea groups is 1. The molecule has 120 valence electrons. The minimum absolute atomic E-state index is 0.0693. The van der Waals surface area contributed by atoms with Crippen LogP contribution in [0.5, 0.6) is 0 Å². The van der Waals surface area contributed by atoms with Crippen LogP contribution < -0.4 is 10.6 Å². The van der Waals surface area contributed by atoms with Crippen molar-refractivity contribution in [2.75, 3.05) is 13.2 Å². The summed E-state index contributed by atoms with van der Waals surface area (Å²) >= 11 is 5.69. The third kappa shape index (κ3) is 6.09. The van der Waals surface area contributed by atoms with Gasteiger partial charge in [-0.2, -0.15) is 0 Å². The second-order valence-corrected chi connectivity index (χ2v) is 5.26. The van der Waals surface area contributed by atoms with Crippen molar-refractivity contribution in [3.05, 3.63) is 34.6 Å². The van der Waals surface area contributed by atoms with E-state index in [4.69, 9.17) is 16.3 Å². The Morgan fingerprint density at radius 2 is 2.00 bits per heavy atom. The second kappa shape index (κ2) is 8.33. The third-order valence-electron chi connectivity index (χ3n) is 2.41. The molecule has 6 nitrogen and oxygen atoms in total. The molecule has 1 rings (SSSR count). The van der Waals surface area contributed by atoms with E-state index in [1.54, 1.807) is 0 Å². The lowest BCUT2D eigenvalue weighted by atomic mass is 10.2. The summed E-state index contributed by atoms with van der Waals surface area (Å²) in [6, 6.07) is 2.47. The molecule has 0 bridgehead atoms. The molecule has 0 aliphatic rings. The molecule has 2 N–H and O–H groups in total. The lowest BCUT2D eigenvalue weighted by Gasteiger charge is -2.09. The first-order valence-corrected chi connectivity index (χ1v) is 6.87. The summed E-state index contributed by atoms with van der Waals surface area (Å²) in [5.41, 5.74) is -0.0693. The molecule has 1 aromatic carbocycles. The van der Waals surface area contributed by atoms with Gasteiger partial charge >= 0.3 is 12.0 Å². The van der Waals surface area contributed by atoms with Crippen LogP contribution in [-0.2, 0) is 9.53 Å². The van der Waals surface area contributed by atoms with Gasteiger partial charge in [0, 0.05) is 6.54 Å². The summed E-state index contributed by atoms with van der Waals surface area (Å²) in [5, 5.41) is 4.36. The minimum Gasteiger partial charge on any atom is -0.452 e. The first kappa shape index (κ1) is 17.9. The van der Waals surface area contributed by atoms with Gasteiger partial charge in [-0.25, -0.2) is 14.0 Å². The van der Waals surface area contributed by atoms with Gasteiger partial charge < -0.3 is 10.1 Å². The number of esters is 1. The summed E-state index contributed by atoms with van der Waals surface area (Å²) in [6.45, 7) is 3.55. The molecule has 0 unspecified atom stereocenters. The van der Waals surface area contributed by atoms with Gasteiger partial charge in [-0.3, -0.25) is 10.1 Å². The van der Waals surface area contributed by atoms with Gasteiger partial charge in [-0.15, -0.1) is 0 Å². The molecular formula is C14H16ClFN2O4. The van der Waals surface area contributed by atoms with Crippen LogP contribution in [0.25, 0.3) is 0 Å². The highest BCUT2D eigenvalue weighted by Gasteiger charge is 2.15. The topological polar surface area (TPSA) is 84.5 Å². The zero-order chi connectivity index (χ0) is 16.7. The van der Waals surface area contributed by atoms with Crippen LogP contribution >= 0.6 is 11.6 Å². The van der Waals surface area contributed by atoms with Crippen molar-refractivity contribution in [2.45, 2.75) is 13.8 Å². The van der Waals surface area contributed by atoms with Crippen LogP contribution in [0.3, 0.4) is 0 Å². The van der Waals surface area contributed by atoms with Gasteiger partial charge in [0.05, 0.1) is 10.6 Å². The average Bonchev–Trinajstić information content (AvgIpc) is 2.42. The number of hydrogen-bond donors (Lipinski definition) is 2. The van der Waals surface area contributed by atoms with Gasteiger partial charge in [0.2, 0.25) is 0 Å². The first-order chi connectivity index (χ1) is 10.3. The lowest BCUT2D eigenvalue weighted by Crippen LogP contribution is -2.42. The van der Waals surface area contributed by atoms with Crippen molar-refractivity contribution in [2.24, 2.45) is 5.92 Å². The van der Waals surface area contributed by atoms with Gasteiger partial charge in [-0.05, 0) is 24.1 Å². The fourth-order valence-electron chi connectivity index (χ4n) is 1.37. The molecule has 0 heterocycles. The van der Waals surface area contributed by atoms with Crippen molar-refractivity contribution in [3.63, 3.8) is 0 Å². The van der Waals surface area contributed by atoms with E-state index < -0.39 is 30.3 Å². The molecule has 0 radical (unpaired) electrons. The van der Waals surface area contributed by atoms with E-state index in [0.717, 1.165) is 18.2 Å². The predicted octanol–water partition coefficient (Wildman–Crippen LogP) is 2.12. The van der Waals surface area contributed by atoms with E-state index in [1.165, 1.54) is 0 Å². The normalized spacial score (nSPS) is 10.2. The zero-order valence-corrected chi connectivity index (χ0v) is 12.9. The molecule has 0 aromatic heterocycles. The first-order valence-electron chi connectivity index (χ1n) is 6.49. The molecule has 8 heteroatoms. The van der Waals surface area contributed by atoms with Gasteiger partial charge in [-0.1, -0.05) is 25.4 Å². The van der Waals surface area contributed by atoms with Crippen LogP contribution in [0.2, 0.25) is 5.02 Å². The smallest absolute Gasteiger partial charge is 0.340 e. The number of benzene rings is 1. The summed E-state index contributed by atoms with van der Waals surface area (Å²) in [5.74, 6) is -2.03. The molecule has 0 aliphatic carbocycles. The van der Waals surface area contributed by atoms with Crippen molar-refractivity contribution in [1.29, 1.82) is 0 Å². The molecular weight excluding hydrogens is 315 g/mol. The highest BCUT2D eigenvalue weighted by Crippen LogP contribution is 2.17. The maximum Gasteiger partial charge on any atom is 0.340 e. The molecule has 22 heavy (non-hydrogen) atoms. The molecule has 0 spiro atoms. The highest BCUT2D eigenvalue weighted by atomic mass is 35.5. The Morgan fingerprint density at radius 1 is 1.32 bits per heavy atom. The summed E-state index contributed by atoms with van der Waals surface area (Å²) in [4.78, 5) is 34.4. The van der Waals surface area contributed by atoms with Crippen molar-refractivity contribution in [3.8, 4) is 0 Å². The highest BCUT2D eigenvalue weighted by molar-refractivity contribution is 6.33. The van der Waals surface area contributed by atoms with E-state index >= 15 is 0 Å². The predicted molar refractivity (Wildman–Crippen MR) is 78.1 cm³/mol. The van der Waals surface area contributed by atoms with Crippen molar-refractivity contribution >= 4 is 29.5 Å². The molecule has 0 aliphatic heterocycles. The lowest BCUT2D eigenvalue weighted by molar-refractivity contribution is -0.123. The Hall–Kier alpha value is -2.15. The van der Waals surface area contributed by atoms with E-state index in [2.05, 4.69) is 5.32 Å². The van der Waals surface area contributed by atoms with Gasteiger partial charge in [0.1, 0.15) is 5.82 Å². The minimum atomic E-state index is -0.886. The molecule has 1 aromatic rings. The Bertz CT molecular complexity index is 578. The summed E-state index contributed by atoms with van der Waals surface area (Å²) < 4.78 is 17.6. The number of imide groups is 1. The Morgan fingerprint density at radius 3 is 2.59 bits per heavy atom. The monoisotopic (exact) mass is 330 g/mol. The average molecular weight is 331 g/mol. The molecule has 0 atom stereocenters. The fraction of sp³-hybridized carbons (Fsp3) is 0.357. The van der Waals surface area contributed by atoms with E-state index in [1.807, 2.05) is 19.2 Å². The van der Waals surface area contributed by atoms with Crippen LogP contribution in [0.1, 0.15) is 24.2 Å². The molecule has 3 amide bonds. The van der Waals surface area contributed by atoms with Crippen molar-refractivity contribution in [1.82, 2.24) is 10.6 Å². The van der Waals surface area contributed by atoms with Crippen LogP contribution in [0.15, 0.2) is 18.2 Å². The Kier molecular flexibility index (Phi) is 6.78. The maximum atomic E-state index is 12.9. The van der Waals surface area contributed by atoms with E-state index in [0.29, 0.717) is 6.54 Å². The summed E-state index contributed by atoms with van der Waals surface area (Å²) in [7, 11) is 0.